The Balaban J connectivity index is 1.78. The minimum Gasteiger partial charge on any atom is -0.311 e. The summed E-state index contributed by atoms with van der Waals surface area (Å²) in [6, 6.07) is 13.2. The van der Waals surface area contributed by atoms with Crippen molar-refractivity contribution in [3.8, 4) is 0 Å². The molecule has 0 aliphatic carbocycles. The Bertz CT molecular complexity index is 476. The van der Waals surface area contributed by atoms with Gasteiger partial charge in [0.25, 0.3) is 0 Å². The monoisotopic (exact) mass is 257 g/mol. The van der Waals surface area contributed by atoms with Crippen LogP contribution in [-0.4, -0.2) is 16.3 Å². The van der Waals surface area contributed by atoms with E-state index in [1.807, 2.05) is 6.20 Å². The number of nitrogens with zero attached hydrogens (tertiary/aromatic N) is 2. The van der Waals surface area contributed by atoms with Crippen molar-refractivity contribution in [3.05, 3.63) is 53.9 Å². The molecule has 0 saturated carbocycles. The van der Waals surface area contributed by atoms with Gasteiger partial charge in [-0.05, 0) is 37.9 Å². The second-order valence-corrected chi connectivity index (χ2v) is 4.94. The summed E-state index contributed by atoms with van der Waals surface area (Å²) in [5.41, 5.74) is 2.65. The van der Waals surface area contributed by atoms with Gasteiger partial charge in [0.1, 0.15) is 0 Å². The lowest BCUT2D eigenvalue weighted by atomic mass is 10.1. The number of hydrogen-bond acceptors (Lipinski definition) is 2. The maximum Gasteiger partial charge on any atom is 0.0525 e. The second-order valence-electron chi connectivity index (χ2n) is 4.94. The molecule has 0 spiro atoms. The van der Waals surface area contributed by atoms with Gasteiger partial charge in [-0.25, -0.2) is 0 Å². The van der Waals surface area contributed by atoms with Crippen LogP contribution in [0.15, 0.2) is 42.6 Å². The molecular formula is C16H23N3. The van der Waals surface area contributed by atoms with Crippen LogP contribution in [0.1, 0.15) is 37.6 Å². The summed E-state index contributed by atoms with van der Waals surface area (Å²) in [5, 5.41) is 7.90. The van der Waals surface area contributed by atoms with Crippen molar-refractivity contribution in [2.75, 3.05) is 6.54 Å². The first kappa shape index (κ1) is 13.8. The van der Waals surface area contributed by atoms with Crippen LogP contribution in [0.4, 0.5) is 0 Å². The van der Waals surface area contributed by atoms with E-state index in [0.717, 1.165) is 25.9 Å². The molecule has 102 valence electrons. The molecule has 0 aliphatic heterocycles. The van der Waals surface area contributed by atoms with Crippen LogP contribution in [0.5, 0.6) is 0 Å². The molecule has 1 aromatic carbocycles. The van der Waals surface area contributed by atoms with Crippen molar-refractivity contribution in [3.63, 3.8) is 0 Å². The number of rotatable bonds is 7. The van der Waals surface area contributed by atoms with E-state index in [2.05, 4.69) is 65.3 Å². The van der Waals surface area contributed by atoms with Crippen LogP contribution in [0.2, 0.25) is 0 Å². The summed E-state index contributed by atoms with van der Waals surface area (Å²) >= 11 is 0. The minimum absolute atomic E-state index is 0.473. The molecule has 0 amide bonds. The lowest BCUT2D eigenvalue weighted by Crippen LogP contribution is -2.20. The van der Waals surface area contributed by atoms with Gasteiger partial charge in [-0.2, -0.15) is 5.10 Å². The molecule has 2 aromatic rings. The van der Waals surface area contributed by atoms with Crippen LogP contribution >= 0.6 is 0 Å². The molecule has 19 heavy (non-hydrogen) atoms. The maximum atomic E-state index is 4.40. The molecule has 0 fully saturated rings. The van der Waals surface area contributed by atoms with Gasteiger partial charge in [-0.1, -0.05) is 37.3 Å². The van der Waals surface area contributed by atoms with Crippen LogP contribution in [-0.2, 0) is 13.0 Å². The SMILES string of the molecule is CC[C@@H](C)n1nccc1CNCCc1ccccc1. The highest BCUT2D eigenvalue weighted by molar-refractivity contribution is 5.14. The fourth-order valence-corrected chi connectivity index (χ4v) is 2.15. The van der Waals surface area contributed by atoms with Crippen LogP contribution < -0.4 is 5.32 Å². The van der Waals surface area contributed by atoms with Crippen LogP contribution in [0.25, 0.3) is 0 Å². The summed E-state index contributed by atoms with van der Waals surface area (Å²) in [6.07, 6.45) is 4.07. The van der Waals surface area contributed by atoms with Gasteiger partial charge in [-0.15, -0.1) is 0 Å². The molecule has 1 aromatic heterocycles. The summed E-state index contributed by atoms with van der Waals surface area (Å²) in [5.74, 6) is 0. The van der Waals surface area contributed by atoms with Crippen molar-refractivity contribution >= 4 is 0 Å². The highest BCUT2D eigenvalue weighted by Gasteiger charge is 2.07. The first-order valence-corrected chi connectivity index (χ1v) is 7.08. The first-order chi connectivity index (χ1) is 9.31. The van der Waals surface area contributed by atoms with Crippen molar-refractivity contribution in [2.45, 2.75) is 39.3 Å². The third-order valence-corrected chi connectivity index (χ3v) is 3.50. The van der Waals surface area contributed by atoms with Gasteiger partial charge in [0.05, 0.1) is 5.69 Å². The summed E-state index contributed by atoms with van der Waals surface area (Å²) in [6.45, 7) is 6.28. The van der Waals surface area contributed by atoms with Crippen molar-refractivity contribution in [2.24, 2.45) is 0 Å². The Hall–Kier alpha value is -1.61. The standard InChI is InChI=1S/C16H23N3/c1-3-14(2)19-16(10-12-18-19)13-17-11-9-15-7-5-4-6-8-15/h4-8,10,12,14,17H,3,9,11,13H2,1-2H3/t14-/m1/s1. The Morgan fingerprint density at radius 1 is 1.21 bits per heavy atom. The third-order valence-electron chi connectivity index (χ3n) is 3.50. The Morgan fingerprint density at radius 2 is 2.00 bits per heavy atom. The van der Waals surface area contributed by atoms with Gasteiger partial charge in [0.15, 0.2) is 0 Å². The van der Waals surface area contributed by atoms with E-state index in [1.165, 1.54) is 11.3 Å². The number of aromatic nitrogens is 2. The summed E-state index contributed by atoms with van der Waals surface area (Å²) in [4.78, 5) is 0. The second kappa shape index (κ2) is 7.10. The van der Waals surface area contributed by atoms with Crippen molar-refractivity contribution in [1.29, 1.82) is 0 Å². The fraction of sp³-hybridized carbons (Fsp3) is 0.438. The number of hydrogen-bond donors (Lipinski definition) is 1. The lowest BCUT2D eigenvalue weighted by molar-refractivity contribution is 0.452. The number of nitrogens with one attached hydrogen (secondary N) is 1. The molecule has 1 N–H and O–H groups in total. The van der Waals surface area contributed by atoms with Gasteiger partial charge in [0, 0.05) is 18.8 Å². The molecule has 0 radical (unpaired) electrons. The largest absolute Gasteiger partial charge is 0.311 e. The van der Waals surface area contributed by atoms with Gasteiger partial charge in [-0.3, -0.25) is 4.68 Å². The van der Waals surface area contributed by atoms with E-state index < -0.39 is 0 Å². The van der Waals surface area contributed by atoms with E-state index in [9.17, 15) is 0 Å². The predicted molar refractivity (Wildman–Crippen MR) is 79.1 cm³/mol. The van der Waals surface area contributed by atoms with E-state index in [1.54, 1.807) is 0 Å². The van der Waals surface area contributed by atoms with E-state index in [0.29, 0.717) is 6.04 Å². The topological polar surface area (TPSA) is 29.9 Å². The smallest absolute Gasteiger partial charge is 0.0525 e. The van der Waals surface area contributed by atoms with Gasteiger partial charge in [0.2, 0.25) is 0 Å². The minimum atomic E-state index is 0.473. The Morgan fingerprint density at radius 3 is 2.74 bits per heavy atom. The molecule has 1 atom stereocenters. The summed E-state index contributed by atoms with van der Waals surface area (Å²) in [7, 11) is 0. The summed E-state index contributed by atoms with van der Waals surface area (Å²) < 4.78 is 2.12. The Kier molecular flexibility index (Phi) is 5.16. The van der Waals surface area contributed by atoms with Crippen molar-refractivity contribution < 1.29 is 0 Å². The third kappa shape index (κ3) is 3.93. The average Bonchev–Trinajstić information content (AvgIpc) is 2.92. The number of benzene rings is 1. The quantitative estimate of drug-likeness (QED) is 0.772. The van der Waals surface area contributed by atoms with Crippen LogP contribution in [0.3, 0.4) is 0 Å². The zero-order valence-electron chi connectivity index (χ0n) is 11.8. The van der Waals surface area contributed by atoms with Gasteiger partial charge >= 0.3 is 0 Å². The van der Waals surface area contributed by atoms with E-state index in [4.69, 9.17) is 0 Å². The first-order valence-electron chi connectivity index (χ1n) is 7.08. The van der Waals surface area contributed by atoms with E-state index >= 15 is 0 Å². The highest BCUT2D eigenvalue weighted by atomic mass is 15.3. The van der Waals surface area contributed by atoms with Gasteiger partial charge < -0.3 is 5.32 Å². The Labute approximate surface area is 115 Å². The molecule has 1 heterocycles. The zero-order chi connectivity index (χ0) is 13.5. The molecular weight excluding hydrogens is 234 g/mol. The molecule has 0 unspecified atom stereocenters. The predicted octanol–water partition coefficient (Wildman–Crippen LogP) is 3.19. The molecule has 3 heteroatoms. The molecule has 0 saturated heterocycles. The normalized spacial score (nSPS) is 12.5. The van der Waals surface area contributed by atoms with Crippen LogP contribution in [0, 0.1) is 0 Å². The molecule has 3 nitrogen and oxygen atoms in total. The maximum absolute atomic E-state index is 4.40. The van der Waals surface area contributed by atoms with E-state index in [-0.39, 0.29) is 0 Å². The average molecular weight is 257 g/mol. The molecule has 2 rings (SSSR count). The highest BCUT2D eigenvalue weighted by Crippen LogP contribution is 2.11. The lowest BCUT2D eigenvalue weighted by Gasteiger charge is -2.14. The zero-order valence-corrected chi connectivity index (χ0v) is 11.8. The van der Waals surface area contributed by atoms with Crippen molar-refractivity contribution in [1.82, 2.24) is 15.1 Å². The fourth-order valence-electron chi connectivity index (χ4n) is 2.15. The molecule has 0 bridgehead atoms. The molecule has 0 aliphatic rings.